The van der Waals surface area contributed by atoms with Crippen LogP contribution in [0.3, 0.4) is 0 Å². The Bertz CT molecular complexity index is 389. The summed E-state index contributed by atoms with van der Waals surface area (Å²) in [6.45, 7) is 9.32. The molecule has 0 bridgehead atoms. The van der Waals surface area contributed by atoms with Crippen LogP contribution in [0, 0.1) is 0 Å². The maximum atomic E-state index is 10.7. The van der Waals surface area contributed by atoms with Crippen LogP contribution in [0.2, 0.25) is 0 Å². The standard InChI is InChI=1S/C34H71NO2/c1-4-7-10-13-16-19-22-25-28-33(36)31-35(30-27-24-21-18-15-12-9-6-3)32-34(37)29-26-23-20-17-14-11-8-5-2/h33-34,36-37H,4-32H2,1-3H3. The lowest BCUT2D eigenvalue weighted by atomic mass is 10.0. The monoisotopic (exact) mass is 526 g/mol. The van der Waals surface area contributed by atoms with Gasteiger partial charge in [0.05, 0.1) is 12.2 Å². The quantitative estimate of drug-likeness (QED) is 0.0885. The van der Waals surface area contributed by atoms with Crippen molar-refractivity contribution < 1.29 is 10.2 Å². The summed E-state index contributed by atoms with van der Waals surface area (Å²) in [6, 6.07) is 0. The molecule has 0 saturated carbocycles. The topological polar surface area (TPSA) is 43.7 Å². The van der Waals surface area contributed by atoms with Gasteiger partial charge in [-0.25, -0.2) is 0 Å². The molecule has 0 aliphatic rings. The largest absolute Gasteiger partial charge is 0.392 e. The molecule has 0 aromatic carbocycles. The second-order valence-electron chi connectivity index (χ2n) is 12.1. The fourth-order valence-electron chi connectivity index (χ4n) is 5.53. The zero-order valence-corrected chi connectivity index (χ0v) is 26.0. The van der Waals surface area contributed by atoms with E-state index in [1.165, 1.54) is 141 Å². The number of aliphatic hydroxyl groups is 2. The number of unbranched alkanes of at least 4 members (excludes halogenated alkanes) is 21. The highest BCUT2D eigenvalue weighted by molar-refractivity contribution is 4.70. The summed E-state index contributed by atoms with van der Waals surface area (Å²) in [5, 5.41) is 21.5. The molecule has 0 saturated heterocycles. The minimum atomic E-state index is -0.246. The lowest BCUT2D eigenvalue weighted by Crippen LogP contribution is -2.38. The smallest absolute Gasteiger partial charge is 0.0667 e. The minimum Gasteiger partial charge on any atom is -0.392 e. The van der Waals surface area contributed by atoms with Crippen molar-refractivity contribution in [3.63, 3.8) is 0 Å². The fourth-order valence-corrected chi connectivity index (χ4v) is 5.53. The summed E-state index contributed by atoms with van der Waals surface area (Å²) in [5.74, 6) is 0. The summed E-state index contributed by atoms with van der Waals surface area (Å²) in [6.07, 6.45) is 33.0. The van der Waals surface area contributed by atoms with E-state index in [4.69, 9.17) is 0 Å². The van der Waals surface area contributed by atoms with E-state index >= 15 is 0 Å². The average Bonchev–Trinajstić information content (AvgIpc) is 2.88. The van der Waals surface area contributed by atoms with Crippen molar-refractivity contribution in [3.8, 4) is 0 Å². The molecule has 0 rings (SSSR count). The molecule has 0 aromatic rings. The molecule has 0 aliphatic heterocycles. The zero-order valence-electron chi connectivity index (χ0n) is 26.0. The van der Waals surface area contributed by atoms with Crippen molar-refractivity contribution in [3.05, 3.63) is 0 Å². The molecular formula is C34H71NO2. The Labute approximate surface area is 234 Å². The van der Waals surface area contributed by atoms with Crippen molar-refractivity contribution in [1.29, 1.82) is 0 Å². The van der Waals surface area contributed by atoms with Gasteiger partial charge in [-0.1, -0.05) is 168 Å². The number of hydrogen-bond acceptors (Lipinski definition) is 3. The van der Waals surface area contributed by atoms with Gasteiger partial charge >= 0.3 is 0 Å². The lowest BCUT2D eigenvalue weighted by molar-refractivity contribution is 0.0596. The normalized spacial score (nSPS) is 13.5. The maximum Gasteiger partial charge on any atom is 0.0667 e. The summed E-state index contributed by atoms with van der Waals surface area (Å²) in [7, 11) is 0. The number of nitrogens with zero attached hydrogens (tertiary/aromatic N) is 1. The van der Waals surface area contributed by atoms with Gasteiger partial charge < -0.3 is 10.2 Å². The van der Waals surface area contributed by atoms with E-state index in [-0.39, 0.29) is 12.2 Å². The lowest BCUT2D eigenvalue weighted by Gasteiger charge is -2.27. The van der Waals surface area contributed by atoms with Gasteiger partial charge in [0.1, 0.15) is 0 Å². The number of hydrogen-bond donors (Lipinski definition) is 2. The van der Waals surface area contributed by atoms with Crippen LogP contribution in [0.15, 0.2) is 0 Å². The fraction of sp³-hybridized carbons (Fsp3) is 1.00. The highest BCUT2D eigenvalue weighted by Gasteiger charge is 2.15. The van der Waals surface area contributed by atoms with E-state index in [1.54, 1.807) is 0 Å². The molecule has 0 amide bonds. The molecule has 0 aromatic heterocycles. The first-order valence-corrected chi connectivity index (χ1v) is 17.2. The van der Waals surface area contributed by atoms with Gasteiger partial charge in [0.25, 0.3) is 0 Å². The van der Waals surface area contributed by atoms with E-state index in [0.717, 1.165) is 45.3 Å². The summed E-state index contributed by atoms with van der Waals surface area (Å²) in [5.41, 5.74) is 0. The number of aliphatic hydroxyl groups excluding tert-OH is 2. The Morgan fingerprint density at radius 2 is 0.649 bits per heavy atom. The highest BCUT2D eigenvalue weighted by Crippen LogP contribution is 2.15. The maximum absolute atomic E-state index is 10.7. The summed E-state index contributed by atoms with van der Waals surface area (Å²) >= 11 is 0. The van der Waals surface area contributed by atoms with Gasteiger partial charge in [-0.05, 0) is 25.8 Å². The minimum absolute atomic E-state index is 0.246. The van der Waals surface area contributed by atoms with Crippen LogP contribution >= 0.6 is 0 Å². The molecule has 0 radical (unpaired) electrons. The molecule has 2 N–H and O–H groups in total. The van der Waals surface area contributed by atoms with Gasteiger partial charge in [0.15, 0.2) is 0 Å². The van der Waals surface area contributed by atoms with Crippen LogP contribution in [0.5, 0.6) is 0 Å². The third-order valence-electron chi connectivity index (χ3n) is 8.05. The van der Waals surface area contributed by atoms with E-state index in [1.807, 2.05) is 0 Å². The zero-order chi connectivity index (χ0) is 27.2. The van der Waals surface area contributed by atoms with E-state index in [2.05, 4.69) is 25.7 Å². The van der Waals surface area contributed by atoms with Crippen LogP contribution < -0.4 is 0 Å². The Morgan fingerprint density at radius 3 is 0.973 bits per heavy atom. The van der Waals surface area contributed by atoms with E-state index in [0.29, 0.717) is 0 Å². The molecule has 37 heavy (non-hydrogen) atoms. The Morgan fingerprint density at radius 1 is 0.378 bits per heavy atom. The molecule has 3 nitrogen and oxygen atoms in total. The Balaban J connectivity index is 4.18. The molecule has 0 spiro atoms. The van der Waals surface area contributed by atoms with Crippen molar-refractivity contribution in [2.24, 2.45) is 0 Å². The molecule has 3 heteroatoms. The van der Waals surface area contributed by atoms with Crippen LogP contribution in [-0.2, 0) is 0 Å². The first-order chi connectivity index (χ1) is 18.1. The van der Waals surface area contributed by atoms with Crippen LogP contribution in [0.25, 0.3) is 0 Å². The third kappa shape index (κ3) is 28.7. The molecule has 0 aliphatic carbocycles. The van der Waals surface area contributed by atoms with Crippen molar-refractivity contribution in [2.45, 2.75) is 200 Å². The van der Waals surface area contributed by atoms with Crippen molar-refractivity contribution >= 4 is 0 Å². The summed E-state index contributed by atoms with van der Waals surface area (Å²) in [4.78, 5) is 2.38. The predicted octanol–water partition coefficient (Wildman–Crippen LogP) is 10.2. The molecule has 224 valence electrons. The number of rotatable bonds is 31. The molecule has 0 heterocycles. The second kappa shape index (κ2) is 30.4. The van der Waals surface area contributed by atoms with Gasteiger partial charge in [0.2, 0.25) is 0 Å². The molecule has 2 unspecified atom stereocenters. The second-order valence-corrected chi connectivity index (χ2v) is 12.1. The third-order valence-corrected chi connectivity index (χ3v) is 8.05. The van der Waals surface area contributed by atoms with Gasteiger partial charge in [-0.15, -0.1) is 0 Å². The SMILES string of the molecule is CCCCCCCCCCC(O)CN(CCCCCCCCCC)CC(O)CCCCCCCCCC. The molecule has 0 fully saturated rings. The average molecular weight is 526 g/mol. The van der Waals surface area contributed by atoms with Gasteiger partial charge in [0, 0.05) is 13.1 Å². The first kappa shape index (κ1) is 36.9. The molecular weight excluding hydrogens is 454 g/mol. The van der Waals surface area contributed by atoms with Crippen molar-refractivity contribution in [1.82, 2.24) is 4.90 Å². The van der Waals surface area contributed by atoms with Crippen LogP contribution in [0.4, 0.5) is 0 Å². The predicted molar refractivity (Wildman–Crippen MR) is 166 cm³/mol. The molecule has 2 atom stereocenters. The van der Waals surface area contributed by atoms with Crippen LogP contribution in [0.1, 0.15) is 188 Å². The van der Waals surface area contributed by atoms with E-state index < -0.39 is 0 Å². The highest BCUT2D eigenvalue weighted by atomic mass is 16.3. The van der Waals surface area contributed by atoms with Gasteiger partial charge in [-0.3, -0.25) is 4.90 Å². The first-order valence-electron chi connectivity index (χ1n) is 17.2. The van der Waals surface area contributed by atoms with Gasteiger partial charge in [-0.2, -0.15) is 0 Å². The van der Waals surface area contributed by atoms with E-state index in [9.17, 15) is 10.2 Å². The van der Waals surface area contributed by atoms with Crippen molar-refractivity contribution in [2.75, 3.05) is 19.6 Å². The Kier molecular flexibility index (Phi) is 30.3. The van der Waals surface area contributed by atoms with Crippen LogP contribution in [-0.4, -0.2) is 47.0 Å². The summed E-state index contributed by atoms with van der Waals surface area (Å²) < 4.78 is 0. The Hall–Kier alpha value is -0.120.